The molecule has 0 bridgehead atoms. The van der Waals surface area contributed by atoms with Crippen LogP contribution in [-0.2, 0) is 0 Å². The molecule has 1 heterocycles. The lowest BCUT2D eigenvalue weighted by molar-refractivity contribution is 0.0697. The van der Waals surface area contributed by atoms with Crippen molar-refractivity contribution in [1.29, 1.82) is 0 Å². The van der Waals surface area contributed by atoms with Gasteiger partial charge in [-0.05, 0) is 50.1 Å². The molecule has 122 valence electrons. The minimum atomic E-state index is -0.958. The van der Waals surface area contributed by atoms with Crippen LogP contribution in [0.3, 0.4) is 0 Å². The van der Waals surface area contributed by atoms with Crippen molar-refractivity contribution in [2.24, 2.45) is 0 Å². The van der Waals surface area contributed by atoms with Gasteiger partial charge < -0.3 is 5.11 Å². The van der Waals surface area contributed by atoms with Gasteiger partial charge in [-0.25, -0.2) is 14.5 Å². The third-order valence-electron chi connectivity index (χ3n) is 3.89. The molecule has 2 aromatic carbocycles. The average Bonchev–Trinajstić information content (AvgIpc) is 3.05. The fraction of sp³-hybridized carbons (Fsp3) is 0.211. The minimum Gasteiger partial charge on any atom is -0.478 e. The van der Waals surface area contributed by atoms with Crippen LogP contribution in [0.1, 0.15) is 35.8 Å². The van der Waals surface area contributed by atoms with Crippen molar-refractivity contribution >= 4 is 5.97 Å². The number of nitrogens with zero attached hydrogens (tertiary/aromatic N) is 3. The van der Waals surface area contributed by atoms with E-state index in [-0.39, 0.29) is 11.6 Å². The van der Waals surface area contributed by atoms with E-state index in [1.165, 1.54) is 6.33 Å². The highest BCUT2D eigenvalue weighted by molar-refractivity contribution is 5.91. The third kappa shape index (κ3) is 3.06. The SMILES string of the molecule is Cc1ccc(-c2cc(C(=O)O)cc(-c3ncnn3C(C)C)c2)cc1. The summed E-state index contributed by atoms with van der Waals surface area (Å²) in [4.78, 5) is 15.9. The summed E-state index contributed by atoms with van der Waals surface area (Å²) in [6, 6.07) is 13.4. The minimum absolute atomic E-state index is 0.138. The van der Waals surface area contributed by atoms with Gasteiger partial charge in [0.1, 0.15) is 6.33 Å². The van der Waals surface area contributed by atoms with Gasteiger partial charge in [0.15, 0.2) is 5.82 Å². The third-order valence-corrected chi connectivity index (χ3v) is 3.89. The molecule has 1 aromatic heterocycles. The maximum atomic E-state index is 11.5. The number of rotatable bonds is 4. The van der Waals surface area contributed by atoms with E-state index in [1.54, 1.807) is 16.8 Å². The molecule has 0 fully saturated rings. The highest BCUT2D eigenvalue weighted by atomic mass is 16.4. The van der Waals surface area contributed by atoms with E-state index in [1.807, 2.05) is 51.1 Å². The molecule has 3 rings (SSSR count). The van der Waals surface area contributed by atoms with Gasteiger partial charge in [-0.2, -0.15) is 5.10 Å². The molecular formula is C19H19N3O2. The van der Waals surface area contributed by atoms with E-state index in [4.69, 9.17) is 0 Å². The first-order valence-electron chi connectivity index (χ1n) is 7.81. The molecule has 0 saturated heterocycles. The van der Waals surface area contributed by atoms with Crippen LogP contribution < -0.4 is 0 Å². The first-order chi connectivity index (χ1) is 11.5. The predicted molar refractivity (Wildman–Crippen MR) is 93.0 cm³/mol. The normalized spacial score (nSPS) is 11.0. The second-order valence-corrected chi connectivity index (χ2v) is 6.09. The second kappa shape index (κ2) is 6.28. The van der Waals surface area contributed by atoms with E-state index in [2.05, 4.69) is 10.1 Å². The molecule has 0 radical (unpaired) electrons. The van der Waals surface area contributed by atoms with Crippen molar-refractivity contribution in [3.63, 3.8) is 0 Å². The van der Waals surface area contributed by atoms with Gasteiger partial charge in [0.25, 0.3) is 0 Å². The lowest BCUT2D eigenvalue weighted by Crippen LogP contribution is -2.06. The van der Waals surface area contributed by atoms with E-state index in [0.29, 0.717) is 5.82 Å². The van der Waals surface area contributed by atoms with Crippen molar-refractivity contribution in [3.05, 3.63) is 59.9 Å². The summed E-state index contributed by atoms with van der Waals surface area (Å²) in [7, 11) is 0. The number of aryl methyl sites for hydroxylation is 1. The zero-order valence-corrected chi connectivity index (χ0v) is 13.9. The van der Waals surface area contributed by atoms with Crippen LogP contribution in [0.4, 0.5) is 0 Å². The molecule has 5 heteroatoms. The topological polar surface area (TPSA) is 68.0 Å². The van der Waals surface area contributed by atoms with Crippen LogP contribution in [0, 0.1) is 6.92 Å². The van der Waals surface area contributed by atoms with Gasteiger partial charge >= 0.3 is 5.97 Å². The van der Waals surface area contributed by atoms with Gasteiger partial charge in [-0.15, -0.1) is 0 Å². The first kappa shape index (κ1) is 15.9. The van der Waals surface area contributed by atoms with Gasteiger partial charge in [-0.1, -0.05) is 29.8 Å². The Bertz CT molecular complexity index is 880. The highest BCUT2D eigenvalue weighted by Gasteiger charge is 2.15. The number of hydrogen-bond donors (Lipinski definition) is 1. The largest absolute Gasteiger partial charge is 0.478 e. The number of benzene rings is 2. The first-order valence-corrected chi connectivity index (χ1v) is 7.81. The maximum Gasteiger partial charge on any atom is 0.335 e. The van der Waals surface area contributed by atoms with E-state index in [9.17, 15) is 9.90 Å². The van der Waals surface area contributed by atoms with E-state index in [0.717, 1.165) is 22.3 Å². The zero-order valence-electron chi connectivity index (χ0n) is 13.9. The Morgan fingerprint density at radius 2 is 1.71 bits per heavy atom. The molecule has 24 heavy (non-hydrogen) atoms. The van der Waals surface area contributed by atoms with Crippen LogP contribution in [0.25, 0.3) is 22.5 Å². The number of aromatic carboxylic acids is 1. The van der Waals surface area contributed by atoms with Crippen molar-refractivity contribution in [1.82, 2.24) is 14.8 Å². The standard InChI is InChI=1S/C19H19N3O2/c1-12(2)22-18(20-11-21-22)16-8-15(9-17(10-16)19(23)24)14-6-4-13(3)5-7-14/h4-12H,1-3H3,(H,23,24). The molecule has 0 spiro atoms. The van der Waals surface area contributed by atoms with E-state index < -0.39 is 5.97 Å². The number of aromatic nitrogens is 3. The number of carboxylic acid groups (broad SMARTS) is 1. The van der Waals surface area contributed by atoms with Gasteiger partial charge in [0, 0.05) is 11.6 Å². The van der Waals surface area contributed by atoms with Crippen LogP contribution in [0.5, 0.6) is 0 Å². The Balaban J connectivity index is 2.18. The summed E-state index contributed by atoms with van der Waals surface area (Å²) in [6.45, 7) is 6.05. The molecule has 0 saturated carbocycles. The molecule has 0 amide bonds. The summed E-state index contributed by atoms with van der Waals surface area (Å²) in [5.41, 5.74) is 3.97. The lowest BCUT2D eigenvalue weighted by atomic mass is 9.98. The second-order valence-electron chi connectivity index (χ2n) is 6.09. The Morgan fingerprint density at radius 1 is 1.04 bits per heavy atom. The highest BCUT2D eigenvalue weighted by Crippen LogP contribution is 2.28. The number of carbonyl (C=O) groups is 1. The summed E-state index contributed by atoms with van der Waals surface area (Å²) < 4.78 is 1.79. The molecule has 5 nitrogen and oxygen atoms in total. The molecule has 0 aliphatic heterocycles. The quantitative estimate of drug-likeness (QED) is 0.782. The Morgan fingerprint density at radius 3 is 2.33 bits per heavy atom. The Hall–Kier alpha value is -2.95. The summed E-state index contributed by atoms with van der Waals surface area (Å²) in [5.74, 6) is -0.290. The van der Waals surface area contributed by atoms with E-state index >= 15 is 0 Å². The molecule has 0 unspecified atom stereocenters. The maximum absolute atomic E-state index is 11.5. The fourth-order valence-electron chi connectivity index (χ4n) is 2.63. The smallest absolute Gasteiger partial charge is 0.335 e. The van der Waals surface area contributed by atoms with Crippen molar-refractivity contribution < 1.29 is 9.90 Å². The lowest BCUT2D eigenvalue weighted by Gasteiger charge is -2.12. The van der Waals surface area contributed by atoms with Crippen LogP contribution in [0.15, 0.2) is 48.8 Å². The molecule has 1 N–H and O–H groups in total. The zero-order chi connectivity index (χ0) is 17.3. The predicted octanol–water partition coefficient (Wildman–Crippen LogP) is 4.20. The molecule has 0 aliphatic rings. The Kier molecular flexibility index (Phi) is 4.16. The van der Waals surface area contributed by atoms with Crippen LogP contribution in [0.2, 0.25) is 0 Å². The van der Waals surface area contributed by atoms with Crippen LogP contribution >= 0.6 is 0 Å². The van der Waals surface area contributed by atoms with Crippen molar-refractivity contribution in [2.45, 2.75) is 26.8 Å². The Labute approximate surface area is 140 Å². The fourth-order valence-corrected chi connectivity index (χ4v) is 2.63. The molecule has 0 atom stereocenters. The summed E-state index contributed by atoms with van der Waals surface area (Å²) in [5, 5.41) is 13.7. The monoisotopic (exact) mass is 321 g/mol. The molecule has 0 aliphatic carbocycles. The molecule has 3 aromatic rings. The number of hydrogen-bond acceptors (Lipinski definition) is 3. The molecular weight excluding hydrogens is 302 g/mol. The average molecular weight is 321 g/mol. The van der Waals surface area contributed by atoms with Crippen molar-refractivity contribution in [3.8, 4) is 22.5 Å². The number of carboxylic acids is 1. The van der Waals surface area contributed by atoms with Gasteiger partial charge in [0.05, 0.1) is 5.56 Å². The van der Waals surface area contributed by atoms with Crippen molar-refractivity contribution in [2.75, 3.05) is 0 Å². The summed E-state index contributed by atoms with van der Waals surface area (Å²) >= 11 is 0. The van der Waals surface area contributed by atoms with Gasteiger partial charge in [0.2, 0.25) is 0 Å². The van der Waals surface area contributed by atoms with Crippen LogP contribution in [-0.4, -0.2) is 25.8 Å². The van der Waals surface area contributed by atoms with Gasteiger partial charge in [-0.3, -0.25) is 0 Å². The summed E-state index contributed by atoms with van der Waals surface area (Å²) in [6.07, 6.45) is 1.49.